The van der Waals surface area contributed by atoms with Crippen molar-refractivity contribution in [2.45, 2.75) is 45.8 Å². The molecule has 0 aliphatic carbocycles. The SMILES string of the molecule is CC1=CNC(c2nsnc2OC(C)C)CC1. The van der Waals surface area contributed by atoms with Crippen LogP contribution in [0, 0.1) is 0 Å². The largest absolute Gasteiger partial charge is 0.473 e. The van der Waals surface area contributed by atoms with E-state index in [1.165, 1.54) is 17.3 Å². The lowest BCUT2D eigenvalue weighted by Crippen LogP contribution is -2.21. The normalized spacial score (nSPS) is 20.5. The molecule has 2 heterocycles. The van der Waals surface area contributed by atoms with Crippen molar-refractivity contribution in [3.63, 3.8) is 0 Å². The molecule has 1 atom stereocenters. The molecule has 0 bridgehead atoms. The Bertz CT molecular complexity index is 386. The summed E-state index contributed by atoms with van der Waals surface area (Å²) in [6, 6.07) is 0.246. The van der Waals surface area contributed by atoms with E-state index in [0.29, 0.717) is 5.88 Å². The molecule has 5 heteroatoms. The number of allylic oxidation sites excluding steroid dienone is 1. The summed E-state index contributed by atoms with van der Waals surface area (Å²) < 4.78 is 14.2. The number of nitrogens with one attached hydrogen (secondary N) is 1. The van der Waals surface area contributed by atoms with Crippen molar-refractivity contribution in [2.24, 2.45) is 0 Å². The molecule has 4 nitrogen and oxygen atoms in total. The summed E-state index contributed by atoms with van der Waals surface area (Å²) in [4.78, 5) is 0. The molecule has 2 rings (SSSR count). The molecule has 0 aromatic carbocycles. The van der Waals surface area contributed by atoms with Crippen LogP contribution in [0.2, 0.25) is 0 Å². The molecule has 0 radical (unpaired) electrons. The van der Waals surface area contributed by atoms with Crippen LogP contribution in [0.25, 0.3) is 0 Å². The van der Waals surface area contributed by atoms with Crippen LogP contribution in [-0.4, -0.2) is 14.9 Å². The maximum Gasteiger partial charge on any atom is 0.251 e. The molecule has 0 fully saturated rings. The average molecular weight is 239 g/mol. The van der Waals surface area contributed by atoms with E-state index in [4.69, 9.17) is 4.74 Å². The van der Waals surface area contributed by atoms with Crippen molar-refractivity contribution < 1.29 is 4.74 Å². The van der Waals surface area contributed by atoms with E-state index < -0.39 is 0 Å². The molecule has 88 valence electrons. The average Bonchev–Trinajstić information content (AvgIpc) is 2.66. The molecule has 1 aromatic heterocycles. The first kappa shape index (κ1) is 11.4. The molecule has 1 aliphatic heterocycles. The number of hydrogen-bond acceptors (Lipinski definition) is 5. The van der Waals surface area contributed by atoms with Gasteiger partial charge in [-0.1, -0.05) is 5.57 Å². The Balaban J connectivity index is 2.12. The molecule has 1 unspecified atom stereocenters. The predicted molar refractivity (Wildman–Crippen MR) is 64.5 cm³/mol. The number of aromatic nitrogens is 2. The van der Waals surface area contributed by atoms with E-state index in [-0.39, 0.29) is 12.1 Å². The van der Waals surface area contributed by atoms with E-state index in [0.717, 1.165) is 18.5 Å². The Hall–Kier alpha value is -1.10. The van der Waals surface area contributed by atoms with Gasteiger partial charge in [-0.25, -0.2) is 0 Å². The standard InChI is InChI=1S/C11H17N3OS/c1-7(2)15-11-10(13-16-14-11)9-5-4-8(3)6-12-9/h6-7,9,12H,4-5H2,1-3H3. The lowest BCUT2D eigenvalue weighted by atomic mass is 10.0. The van der Waals surface area contributed by atoms with Crippen LogP contribution in [0.15, 0.2) is 11.8 Å². The second-order valence-corrected chi connectivity index (χ2v) is 4.90. The van der Waals surface area contributed by atoms with E-state index in [1.807, 2.05) is 13.8 Å². The first-order valence-electron chi connectivity index (χ1n) is 5.57. The van der Waals surface area contributed by atoms with Crippen LogP contribution in [-0.2, 0) is 0 Å². The first-order chi connectivity index (χ1) is 7.66. The number of rotatable bonds is 3. The van der Waals surface area contributed by atoms with Crippen molar-refractivity contribution in [1.82, 2.24) is 14.1 Å². The molecular formula is C11H17N3OS. The maximum atomic E-state index is 5.64. The van der Waals surface area contributed by atoms with Gasteiger partial charge >= 0.3 is 0 Å². The second-order valence-electron chi connectivity index (χ2n) is 4.37. The molecule has 1 aliphatic rings. The fourth-order valence-electron chi connectivity index (χ4n) is 1.69. The quantitative estimate of drug-likeness (QED) is 0.881. The Morgan fingerprint density at radius 1 is 1.50 bits per heavy atom. The van der Waals surface area contributed by atoms with Gasteiger partial charge in [0.1, 0.15) is 5.69 Å². The van der Waals surface area contributed by atoms with Crippen molar-refractivity contribution in [2.75, 3.05) is 0 Å². The third kappa shape index (κ3) is 2.52. The summed E-state index contributed by atoms with van der Waals surface area (Å²) in [6.07, 6.45) is 4.37. The van der Waals surface area contributed by atoms with Crippen LogP contribution in [0.4, 0.5) is 0 Å². The van der Waals surface area contributed by atoms with Crippen molar-refractivity contribution in [3.05, 3.63) is 17.5 Å². The van der Waals surface area contributed by atoms with Gasteiger partial charge in [0.15, 0.2) is 0 Å². The fourth-order valence-corrected chi connectivity index (χ4v) is 2.24. The summed E-state index contributed by atoms with van der Waals surface area (Å²) in [5, 5.41) is 3.35. The molecule has 0 saturated carbocycles. The summed E-state index contributed by atoms with van der Waals surface area (Å²) in [7, 11) is 0. The van der Waals surface area contributed by atoms with Gasteiger partial charge < -0.3 is 10.1 Å². The Morgan fingerprint density at radius 3 is 2.94 bits per heavy atom. The highest BCUT2D eigenvalue weighted by atomic mass is 32.1. The minimum atomic E-state index is 0.142. The van der Waals surface area contributed by atoms with Crippen LogP contribution in [0.3, 0.4) is 0 Å². The molecule has 0 saturated heterocycles. The second kappa shape index (κ2) is 4.82. The molecular weight excluding hydrogens is 222 g/mol. The van der Waals surface area contributed by atoms with E-state index >= 15 is 0 Å². The lowest BCUT2D eigenvalue weighted by molar-refractivity contribution is 0.229. The Kier molecular flexibility index (Phi) is 3.43. The molecule has 0 amide bonds. The van der Waals surface area contributed by atoms with Gasteiger partial charge in [-0.2, -0.15) is 4.37 Å². The highest BCUT2D eigenvalue weighted by Gasteiger charge is 2.22. The van der Waals surface area contributed by atoms with Crippen molar-refractivity contribution in [3.8, 4) is 5.88 Å². The number of ether oxygens (including phenoxy) is 1. The Morgan fingerprint density at radius 2 is 2.31 bits per heavy atom. The monoisotopic (exact) mass is 239 g/mol. The summed E-state index contributed by atoms with van der Waals surface area (Å²) >= 11 is 1.22. The highest BCUT2D eigenvalue weighted by Crippen LogP contribution is 2.30. The molecule has 16 heavy (non-hydrogen) atoms. The Labute approximate surface area is 100 Å². The zero-order chi connectivity index (χ0) is 11.5. The van der Waals surface area contributed by atoms with Gasteiger partial charge in [-0.3, -0.25) is 0 Å². The van der Waals surface area contributed by atoms with E-state index in [9.17, 15) is 0 Å². The zero-order valence-electron chi connectivity index (χ0n) is 9.86. The van der Waals surface area contributed by atoms with Crippen molar-refractivity contribution in [1.29, 1.82) is 0 Å². The third-order valence-corrected chi connectivity index (χ3v) is 3.04. The maximum absolute atomic E-state index is 5.64. The smallest absolute Gasteiger partial charge is 0.251 e. The van der Waals surface area contributed by atoms with Crippen LogP contribution >= 0.6 is 11.7 Å². The number of nitrogens with zero attached hydrogens (tertiary/aromatic N) is 2. The van der Waals surface area contributed by atoms with Gasteiger partial charge in [0.2, 0.25) is 0 Å². The minimum absolute atomic E-state index is 0.142. The molecule has 1 N–H and O–H groups in total. The summed E-state index contributed by atoms with van der Waals surface area (Å²) in [5.74, 6) is 0.686. The fraction of sp³-hybridized carbons (Fsp3) is 0.636. The minimum Gasteiger partial charge on any atom is -0.473 e. The summed E-state index contributed by atoms with van der Waals surface area (Å²) in [6.45, 7) is 6.14. The topological polar surface area (TPSA) is 47.0 Å². The highest BCUT2D eigenvalue weighted by molar-refractivity contribution is 6.99. The van der Waals surface area contributed by atoms with Crippen LogP contribution < -0.4 is 10.1 Å². The third-order valence-electron chi connectivity index (χ3n) is 2.52. The van der Waals surface area contributed by atoms with E-state index in [1.54, 1.807) is 0 Å². The van der Waals surface area contributed by atoms with Crippen LogP contribution in [0.1, 0.15) is 45.3 Å². The molecule has 0 spiro atoms. The number of hydrogen-bond donors (Lipinski definition) is 1. The van der Waals surface area contributed by atoms with Gasteiger partial charge in [-0.05, 0) is 39.8 Å². The van der Waals surface area contributed by atoms with Gasteiger partial charge in [0.25, 0.3) is 5.88 Å². The van der Waals surface area contributed by atoms with Crippen molar-refractivity contribution >= 4 is 11.7 Å². The predicted octanol–water partition coefficient (Wildman–Crippen LogP) is 2.65. The van der Waals surface area contributed by atoms with Crippen LogP contribution in [0.5, 0.6) is 5.88 Å². The van der Waals surface area contributed by atoms with Gasteiger partial charge in [0, 0.05) is 0 Å². The van der Waals surface area contributed by atoms with Gasteiger partial charge in [0.05, 0.1) is 23.9 Å². The lowest BCUT2D eigenvalue weighted by Gasteiger charge is -2.21. The molecule has 1 aromatic rings. The first-order valence-corrected chi connectivity index (χ1v) is 6.30. The van der Waals surface area contributed by atoms with E-state index in [2.05, 4.69) is 27.2 Å². The van der Waals surface area contributed by atoms with Gasteiger partial charge in [-0.15, -0.1) is 4.37 Å². The summed E-state index contributed by atoms with van der Waals surface area (Å²) in [5.41, 5.74) is 2.33. The zero-order valence-corrected chi connectivity index (χ0v) is 10.7.